The smallest absolute Gasteiger partial charge is 0.224 e. The summed E-state index contributed by atoms with van der Waals surface area (Å²) in [6.45, 7) is 0. The van der Waals surface area contributed by atoms with Crippen LogP contribution in [0.15, 0.2) is 24.3 Å². The molecule has 0 bridgehead atoms. The van der Waals surface area contributed by atoms with Gasteiger partial charge < -0.3 is 16.2 Å². The molecule has 2 atom stereocenters. The minimum Gasteiger partial charge on any atom is -0.508 e. The molecule has 1 aliphatic rings. The molecule has 1 aliphatic carbocycles. The van der Waals surface area contributed by atoms with Crippen LogP contribution in [0.5, 0.6) is 5.75 Å². The molecular formula is C14H20N2O2. The van der Waals surface area contributed by atoms with Crippen LogP contribution in [0, 0.1) is 0 Å². The lowest BCUT2D eigenvalue weighted by Gasteiger charge is -2.29. The Morgan fingerprint density at radius 3 is 2.78 bits per heavy atom. The average Bonchev–Trinajstić information content (AvgIpc) is 2.35. The van der Waals surface area contributed by atoms with Crippen LogP contribution < -0.4 is 11.1 Å². The van der Waals surface area contributed by atoms with Crippen molar-refractivity contribution in [1.29, 1.82) is 0 Å². The SMILES string of the molecule is N[C@@H]1CCCC[C@H]1NC(=O)Cc1ccccc1O. The molecule has 0 saturated heterocycles. The first-order chi connectivity index (χ1) is 8.66. The van der Waals surface area contributed by atoms with Gasteiger partial charge in [-0.05, 0) is 18.9 Å². The molecule has 1 aromatic rings. The molecule has 4 N–H and O–H groups in total. The lowest BCUT2D eigenvalue weighted by atomic mass is 9.91. The number of hydrogen-bond donors (Lipinski definition) is 3. The number of amides is 1. The molecule has 18 heavy (non-hydrogen) atoms. The maximum Gasteiger partial charge on any atom is 0.224 e. The van der Waals surface area contributed by atoms with Crippen molar-refractivity contribution < 1.29 is 9.90 Å². The number of para-hydroxylation sites is 1. The molecule has 4 heteroatoms. The molecule has 0 aliphatic heterocycles. The fraction of sp³-hybridized carbons (Fsp3) is 0.500. The van der Waals surface area contributed by atoms with Crippen LogP contribution in [0.4, 0.5) is 0 Å². The molecule has 0 radical (unpaired) electrons. The zero-order chi connectivity index (χ0) is 13.0. The van der Waals surface area contributed by atoms with Gasteiger partial charge in [0.05, 0.1) is 6.42 Å². The van der Waals surface area contributed by atoms with Gasteiger partial charge in [-0.25, -0.2) is 0 Å². The number of phenolic OH excluding ortho intramolecular Hbond substituents is 1. The molecule has 1 aromatic carbocycles. The number of nitrogens with two attached hydrogens (primary N) is 1. The molecule has 0 unspecified atom stereocenters. The second kappa shape index (κ2) is 5.87. The van der Waals surface area contributed by atoms with E-state index in [1.165, 1.54) is 0 Å². The van der Waals surface area contributed by atoms with Gasteiger partial charge in [-0.15, -0.1) is 0 Å². The quantitative estimate of drug-likeness (QED) is 0.755. The molecular weight excluding hydrogens is 228 g/mol. The van der Waals surface area contributed by atoms with E-state index in [0.717, 1.165) is 25.7 Å². The number of benzene rings is 1. The highest BCUT2D eigenvalue weighted by molar-refractivity contribution is 5.79. The highest BCUT2D eigenvalue weighted by atomic mass is 16.3. The molecule has 98 valence electrons. The van der Waals surface area contributed by atoms with Gasteiger partial charge in [-0.3, -0.25) is 4.79 Å². The monoisotopic (exact) mass is 248 g/mol. The van der Waals surface area contributed by atoms with Gasteiger partial charge in [0.1, 0.15) is 5.75 Å². The summed E-state index contributed by atoms with van der Waals surface area (Å²) in [7, 11) is 0. The van der Waals surface area contributed by atoms with E-state index in [4.69, 9.17) is 5.73 Å². The largest absolute Gasteiger partial charge is 0.508 e. The van der Waals surface area contributed by atoms with Crippen LogP contribution in [0.1, 0.15) is 31.2 Å². The van der Waals surface area contributed by atoms with Crippen molar-refractivity contribution in [3.05, 3.63) is 29.8 Å². The predicted octanol–water partition coefficient (Wildman–Crippen LogP) is 1.32. The molecule has 1 fully saturated rings. The van der Waals surface area contributed by atoms with E-state index < -0.39 is 0 Å². The summed E-state index contributed by atoms with van der Waals surface area (Å²) < 4.78 is 0. The summed E-state index contributed by atoms with van der Waals surface area (Å²) in [6, 6.07) is 7.05. The standard InChI is InChI=1S/C14H20N2O2/c15-11-6-2-3-7-12(11)16-14(18)9-10-5-1-4-8-13(10)17/h1,4-5,8,11-12,17H,2-3,6-7,9,15H2,(H,16,18)/t11-,12-/m1/s1. The molecule has 0 heterocycles. The van der Waals surface area contributed by atoms with E-state index >= 15 is 0 Å². The minimum absolute atomic E-state index is 0.0621. The van der Waals surface area contributed by atoms with Gasteiger partial charge in [0.25, 0.3) is 0 Å². The number of hydrogen-bond acceptors (Lipinski definition) is 3. The Kier molecular flexibility index (Phi) is 4.20. The molecule has 0 spiro atoms. The first-order valence-corrected chi connectivity index (χ1v) is 6.48. The van der Waals surface area contributed by atoms with Crippen LogP contribution in [0.3, 0.4) is 0 Å². The van der Waals surface area contributed by atoms with E-state index in [1.54, 1.807) is 18.2 Å². The fourth-order valence-electron chi connectivity index (χ4n) is 2.43. The summed E-state index contributed by atoms with van der Waals surface area (Å²) in [5, 5.41) is 12.6. The van der Waals surface area contributed by atoms with E-state index in [0.29, 0.717) is 5.56 Å². The van der Waals surface area contributed by atoms with E-state index in [9.17, 15) is 9.90 Å². The van der Waals surface area contributed by atoms with Crippen molar-refractivity contribution >= 4 is 5.91 Å². The number of aromatic hydroxyl groups is 1. The summed E-state index contributed by atoms with van der Waals surface area (Å²) >= 11 is 0. The first-order valence-electron chi connectivity index (χ1n) is 6.48. The Labute approximate surface area is 107 Å². The Bertz CT molecular complexity index is 420. The van der Waals surface area contributed by atoms with E-state index in [-0.39, 0.29) is 30.2 Å². The summed E-state index contributed by atoms with van der Waals surface area (Å²) in [4.78, 5) is 11.9. The average molecular weight is 248 g/mol. The van der Waals surface area contributed by atoms with Crippen molar-refractivity contribution in [2.75, 3.05) is 0 Å². The molecule has 0 aromatic heterocycles. The normalized spacial score (nSPS) is 23.6. The van der Waals surface area contributed by atoms with Gasteiger partial charge >= 0.3 is 0 Å². The number of carbonyl (C=O) groups excluding carboxylic acids is 1. The second-order valence-corrected chi connectivity index (χ2v) is 4.93. The van der Waals surface area contributed by atoms with E-state index in [2.05, 4.69) is 5.32 Å². The van der Waals surface area contributed by atoms with Crippen molar-refractivity contribution in [3.63, 3.8) is 0 Å². The molecule has 2 rings (SSSR count). The minimum atomic E-state index is -0.0705. The first kappa shape index (κ1) is 12.9. The lowest BCUT2D eigenvalue weighted by Crippen LogP contribution is -2.49. The van der Waals surface area contributed by atoms with Gasteiger partial charge in [0, 0.05) is 17.6 Å². The van der Waals surface area contributed by atoms with Crippen LogP contribution in [-0.4, -0.2) is 23.1 Å². The van der Waals surface area contributed by atoms with Crippen LogP contribution >= 0.6 is 0 Å². The molecule has 1 saturated carbocycles. The van der Waals surface area contributed by atoms with Crippen molar-refractivity contribution in [2.45, 2.75) is 44.2 Å². The number of phenols is 1. The van der Waals surface area contributed by atoms with Crippen molar-refractivity contribution in [2.24, 2.45) is 5.73 Å². The zero-order valence-corrected chi connectivity index (χ0v) is 10.4. The van der Waals surface area contributed by atoms with Gasteiger partial charge in [-0.2, -0.15) is 0 Å². The van der Waals surface area contributed by atoms with Gasteiger partial charge in [0.15, 0.2) is 0 Å². The maximum atomic E-state index is 11.9. The summed E-state index contributed by atoms with van der Waals surface area (Å²) in [6.07, 6.45) is 4.40. The Hall–Kier alpha value is -1.55. The number of nitrogens with one attached hydrogen (secondary N) is 1. The molecule has 1 amide bonds. The Morgan fingerprint density at radius 1 is 1.33 bits per heavy atom. The third kappa shape index (κ3) is 3.23. The Morgan fingerprint density at radius 2 is 2.06 bits per heavy atom. The zero-order valence-electron chi connectivity index (χ0n) is 10.4. The number of carbonyl (C=O) groups is 1. The van der Waals surface area contributed by atoms with Gasteiger partial charge in [0.2, 0.25) is 5.91 Å². The summed E-state index contributed by atoms with van der Waals surface area (Å²) in [5.41, 5.74) is 6.64. The van der Waals surface area contributed by atoms with Crippen LogP contribution in [0.2, 0.25) is 0 Å². The molecule has 4 nitrogen and oxygen atoms in total. The topological polar surface area (TPSA) is 75.3 Å². The highest BCUT2D eigenvalue weighted by Gasteiger charge is 2.23. The third-order valence-electron chi connectivity index (χ3n) is 3.51. The maximum absolute atomic E-state index is 11.9. The number of rotatable bonds is 3. The van der Waals surface area contributed by atoms with Gasteiger partial charge in [-0.1, -0.05) is 31.0 Å². The summed E-state index contributed by atoms with van der Waals surface area (Å²) in [5.74, 6) is 0.0967. The third-order valence-corrected chi connectivity index (χ3v) is 3.51. The van der Waals surface area contributed by atoms with E-state index in [1.807, 2.05) is 6.07 Å². The Balaban J connectivity index is 1.90. The van der Waals surface area contributed by atoms with Crippen LogP contribution in [0.25, 0.3) is 0 Å². The predicted molar refractivity (Wildman–Crippen MR) is 70.2 cm³/mol. The van der Waals surface area contributed by atoms with Crippen molar-refractivity contribution in [3.8, 4) is 5.75 Å². The second-order valence-electron chi connectivity index (χ2n) is 4.93. The lowest BCUT2D eigenvalue weighted by molar-refractivity contribution is -0.121. The van der Waals surface area contributed by atoms with Crippen LogP contribution in [-0.2, 0) is 11.2 Å². The van der Waals surface area contributed by atoms with Crippen molar-refractivity contribution in [1.82, 2.24) is 5.32 Å². The fourth-order valence-corrected chi connectivity index (χ4v) is 2.43. The highest BCUT2D eigenvalue weighted by Crippen LogP contribution is 2.18.